The zero-order valence-corrected chi connectivity index (χ0v) is 53.6. The number of ether oxygens (including phenoxy) is 3. The largest absolute Gasteiger partial charge is 0.454 e. The first-order valence-electron chi connectivity index (χ1n) is 34.7. The lowest BCUT2D eigenvalue weighted by atomic mass is 9.99. The van der Waals surface area contributed by atoms with E-state index >= 15 is 0 Å². The van der Waals surface area contributed by atoms with Gasteiger partial charge < -0.3 is 45.1 Å². The zero-order chi connectivity index (χ0) is 60.3. The minimum atomic E-state index is -1.61. The van der Waals surface area contributed by atoms with Crippen LogP contribution in [0.15, 0.2) is 72.9 Å². The summed E-state index contributed by atoms with van der Waals surface area (Å²) < 4.78 is 17.7. The van der Waals surface area contributed by atoms with Gasteiger partial charge >= 0.3 is 5.97 Å². The normalized spacial score (nSPS) is 19.0. The van der Waals surface area contributed by atoms with E-state index in [9.17, 15) is 35.1 Å². The summed E-state index contributed by atoms with van der Waals surface area (Å²) in [6.45, 7) is 5.71. The monoisotopic (exact) mass is 1170 g/mol. The minimum absolute atomic E-state index is 0.126. The Kier molecular flexibility index (Phi) is 55.9. The maximum absolute atomic E-state index is 13.5. The number of unbranched alkanes of at least 4 members (excludes halogenated alkanes) is 35. The molecule has 8 atom stereocenters. The van der Waals surface area contributed by atoms with Crippen molar-refractivity contribution in [2.24, 2.45) is 0 Å². The fraction of sp³-hybridized carbons (Fsp3) is 0.806. The molecule has 482 valence electrons. The lowest BCUT2D eigenvalue weighted by Crippen LogP contribution is -2.61. The standard InChI is InChI=1S/C72H129NO10/c1-4-7-10-13-16-19-22-25-27-28-29-30-31-32-33-34-35-36-37-39-41-44-47-50-53-56-59-65(76)71(80)73-63(64(75)58-55-52-49-46-43-40-24-21-18-15-12-9-6-3)62-81-72-70(69(79)68(78)66(61-74)82-72)83-67(77)60-57-54-51-48-45-42-38-26-23-20-17-14-11-8-5-2/h7,10,16,19,25,27,29-30,32-33,55,58,63-66,68-70,72,74-76,78-79H,4-6,8-9,11-15,17-18,20-24,26,28,31,34-54,56-57,59-62H2,1-3H3,(H,73,80)/b10-7-,19-16-,27-25-,30-29-,33-32-,58-55+. The van der Waals surface area contributed by atoms with Crippen molar-refractivity contribution >= 4 is 11.9 Å². The van der Waals surface area contributed by atoms with Gasteiger partial charge in [0.2, 0.25) is 5.91 Å². The summed E-state index contributed by atoms with van der Waals surface area (Å²) in [5.41, 5.74) is 0. The van der Waals surface area contributed by atoms with Crippen LogP contribution in [0.4, 0.5) is 0 Å². The van der Waals surface area contributed by atoms with Crippen LogP contribution in [-0.4, -0.2) is 99.6 Å². The molecule has 0 aliphatic carbocycles. The SMILES string of the molecule is CC/C=C\C/C=C\C/C=C\C/C=C\C/C=C\CCCCCCCCCCCCC(O)C(=O)NC(COC1OC(CO)C(O)C(O)C1OC(=O)CCCCCCCCCCCCCCCCC)C(O)/C=C/CCCCCCCCCCCCC. The molecule has 0 radical (unpaired) electrons. The number of allylic oxidation sites excluding steroid dienone is 11. The number of rotatable bonds is 59. The van der Waals surface area contributed by atoms with Gasteiger partial charge in [-0.25, -0.2) is 0 Å². The van der Waals surface area contributed by atoms with E-state index in [2.05, 4.69) is 86.8 Å². The average Bonchev–Trinajstić information content (AvgIpc) is 3.55. The maximum atomic E-state index is 13.5. The maximum Gasteiger partial charge on any atom is 0.306 e. The van der Waals surface area contributed by atoms with Gasteiger partial charge in [0.1, 0.15) is 24.4 Å². The van der Waals surface area contributed by atoms with Crippen molar-refractivity contribution in [2.75, 3.05) is 13.2 Å². The summed E-state index contributed by atoms with van der Waals surface area (Å²) in [5.74, 6) is -1.19. The third-order valence-corrected chi connectivity index (χ3v) is 16.1. The summed E-state index contributed by atoms with van der Waals surface area (Å²) >= 11 is 0. The Bertz CT molecular complexity index is 1630. The van der Waals surface area contributed by atoms with Crippen molar-refractivity contribution in [3.05, 3.63) is 72.9 Å². The lowest BCUT2D eigenvalue weighted by molar-refractivity contribution is -0.305. The van der Waals surface area contributed by atoms with Crippen molar-refractivity contribution < 1.29 is 49.3 Å². The first-order valence-corrected chi connectivity index (χ1v) is 34.7. The molecule has 0 aromatic rings. The number of aliphatic hydroxyl groups excluding tert-OH is 5. The van der Waals surface area contributed by atoms with Crippen molar-refractivity contribution in [3.63, 3.8) is 0 Å². The highest BCUT2D eigenvalue weighted by atomic mass is 16.7. The third-order valence-electron chi connectivity index (χ3n) is 16.1. The second-order valence-electron chi connectivity index (χ2n) is 23.9. The molecule has 1 saturated heterocycles. The molecule has 0 bridgehead atoms. The molecule has 1 aliphatic rings. The Morgan fingerprint density at radius 3 is 1.30 bits per heavy atom. The summed E-state index contributed by atoms with van der Waals surface area (Å²) in [4.78, 5) is 26.6. The van der Waals surface area contributed by atoms with E-state index in [4.69, 9.17) is 14.2 Å². The molecule has 11 nitrogen and oxygen atoms in total. The molecule has 0 saturated carbocycles. The zero-order valence-electron chi connectivity index (χ0n) is 53.6. The highest BCUT2D eigenvalue weighted by molar-refractivity contribution is 5.80. The molecule has 1 amide bonds. The van der Waals surface area contributed by atoms with E-state index in [1.807, 2.05) is 6.08 Å². The number of carbonyl (C=O) groups is 2. The van der Waals surface area contributed by atoms with E-state index in [1.54, 1.807) is 6.08 Å². The Morgan fingerprint density at radius 2 is 0.867 bits per heavy atom. The minimum Gasteiger partial charge on any atom is -0.454 e. The van der Waals surface area contributed by atoms with Crippen molar-refractivity contribution in [1.82, 2.24) is 5.32 Å². The van der Waals surface area contributed by atoms with Crippen molar-refractivity contribution in [1.29, 1.82) is 0 Å². The second-order valence-corrected chi connectivity index (χ2v) is 23.9. The van der Waals surface area contributed by atoms with E-state index in [0.717, 1.165) is 96.3 Å². The summed E-state index contributed by atoms with van der Waals surface area (Å²) in [7, 11) is 0. The van der Waals surface area contributed by atoms with Crippen LogP contribution < -0.4 is 5.32 Å². The van der Waals surface area contributed by atoms with Crippen LogP contribution in [0.3, 0.4) is 0 Å². The van der Waals surface area contributed by atoms with Crippen LogP contribution in [0.5, 0.6) is 0 Å². The van der Waals surface area contributed by atoms with Gasteiger partial charge in [-0.1, -0.05) is 306 Å². The van der Waals surface area contributed by atoms with Crippen LogP contribution in [0, 0.1) is 0 Å². The van der Waals surface area contributed by atoms with E-state index in [0.29, 0.717) is 12.8 Å². The molecule has 83 heavy (non-hydrogen) atoms. The molecule has 1 fully saturated rings. The number of aliphatic hydroxyl groups is 5. The molecule has 0 aromatic heterocycles. The third kappa shape index (κ3) is 46.9. The van der Waals surface area contributed by atoms with Gasteiger partial charge in [-0.05, 0) is 70.6 Å². The van der Waals surface area contributed by atoms with Gasteiger partial charge in [-0.15, -0.1) is 0 Å². The number of esters is 1. The second kappa shape index (κ2) is 59.4. The smallest absolute Gasteiger partial charge is 0.306 e. The van der Waals surface area contributed by atoms with E-state index in [-0.39, 0.29) is 19.4 Å². The Labute approximate surface area is 509 Å². The molecule has 0 spiro atoms. The lowest BCUT2D eigenvalue weighted by Gasteiger charge is -2.41. The van der Waals surface area contributed by atoms with Gasteiger partial charge in [-0.3, -0.25) is 9.59 Å². The quantitative estimate of drug-likeness (QED) is 0.0195. The molecular formula is C72H129NO10. The molecule has 1 rings (SSSR count). The van der Waals surface area contributed by atoms with Gasteiger partial charge in [-0.2, -0.15) is 0 Å². The fourth-order valence-corrected chi connectivity index (χ4v) is 10.7. The summed E-state index contributed by atoms with van der Waals surface area (Å²) in [6, 6.07) is -1.03. The predicted octanol–water partition coefficient (Wildman–Crippen LogP) is 17.5. The molecular weight excluding hydrogens is 1040 g/mol. The van der Waals surface area contributed by atoms with E-state index < -0.39 is 67.4 Å². The highest BCUT2D eigenvalue weighted by Gasteiger charge is 2.47. The Morgan fingerprint density at radius 1 is 0.482 bits per heavy atom. The molecule has 11 heteroatoms. The first-order chi connectivity index (χ1) is 40.7. The van der Waals surface area contributed by atoms with Crippen LogP contribution in [0.25, 0.3) is 0 Å². The number of hydrogen-bond donors (Lipinski definition) is 6. The molecule has 1 heterocycles. The van der Waals surface area contributed by atoms with Gasteiger partial charge in [0, 0.05) is 6.42 Å². The van der Waals surface area contributed by atoms with Crippen LogP contribution in [0.1, 0.15) is 310 Å². The topological polar surface area (TPSA) is 175 Å². The van der Waals surface area contributed by atoms with E-state index in [1.165, 1.54) is 167 Å². The summed E-state index contributed by atoms with van der Waals surface area (Å²) in [5, 5.41) is 57.2. The number of hydrogen-bond acceptors (Lipinski definition) is 10. The average molecular weight is 1170 g/mol. The number of carbonyl (C=O) groups excluding carboxylic acids is 2. The highest BCUT2D eigenvalue weighted by Crippen LogP contribution is 2.26. The van der Waals surface area contributed by atoms with Crippen LogP contribution in [0.2, 0.25) is 0 Å². The number of nitrogens with one attached hydrogen (secondary N) is 1. The predicted molar refractivity (Wildman–Crippen MR) is 347 cm³/mol. The summed E-state index contributed by atoms with van der Waals surface area (Å²) in [6.07, 6.45) is 66.5. The molecule has 1 aliphatic heterocycles. The van der Waals surface area contributed by atoms with Gasteiger partial charge in [0.25, 0.3) is 0 Å². The first kappa shape index (κ1) is 78.1. The molecule has 0 aromatic carbocycles. The van der Waals surface area contributed by atoms with Crippen molar-refractivity contribution in [2.45, 2.75) is 359 Å². The number of amides is 1. The molecule has 8 unspecified atom stereocenters. The van der Waals surface area contributed by atoms with Crippen LogP contribution in [-0.2, 0) is 23.8 Å². The fourth-order valence-electron chi connectivity index (χ4n) is 10.7. The van der Waals surface area contributed by atoms with Crippen LogP contribution >= 0.6 is 0 Å². The Hall–Kier alpha value is -2.90. The molecule has 6 N–H and O–H groups in total. The van der Waals surface area contributed by atoms with Crippen molar-refractivity contribution in [3.8, 4) is 0 Å². The van der Waals surface area contributed by atoms with Gasteiger partial charge in [0.15, 0.2) is 12.4 Å². The van der Waals surface area contributed by atoms with Gasteiger partial charge in [0.05, 0.1) is 25.4 Å². The Balaban J connectivity index is 2.59.